The van der Waals surface area contributed by atoms with Crippen LogP contribution in [0.25, 0.3) is 6.08 Å². The van der Waals surface area contributed by atoms with Crippen molar-refractivity contribution in [2.24, 2.45) is 0 Å². The molecule has 5 rings (SSSR count). The minimum absolute atomic E-state index is 0.204. The van der Waals surface area contributed by atoms with E-state index in [1.165, 1.54) is 5.56 Å². The lowest BCUT2D eigenvalue weighted by molar-refractivity contribution is -0.312. The van der Waals surface area contributed by atoms with Gasteiger partial charge in [-0.05, 0) is 54.6 Å². The molecule has 1 N–H and O–H groups in total. The molecule has 0 amide bonds. The van der Waals surface area contributed by atoms with E-state index in [2.05, 4.69) is 41.2 Å². The van der Waals surface area contributed by atoms with Crippen molar-refractivity contribution in [3.05, 3.63) is 118 Å². The second-order valence-corrected chi connectivity index (χ2v) is 11.0. The molecule has 1 saturated heterocycles. The average molecular weight is 595 g/mol. The van der Waals surface area contributed by atoms with Crippen LogP contribution >= 0.6 is 23.2 Å². The van der Waals surface area contributed by atoms with Crippen molar-refractivity contribution in [1.82, 2.24) is 14.5 Å². The Bertz CT molecular complexity index is 1430. The summed E-state index contributed by atoms with van der Waals surface area (Å²) >= 11 is 12.8. The van der Waals surface area contributed by atoms with Gasteiger partial charge in [0.05, 0.1) is 30.6 Å². The van der Waals surface area contributed by atoms with Crippen LogP contribution in [0.1, 0.15) is 23.1 Å². The van der Waals surface area contributed by atoms with Crippen molar-refractivity contribution < 1.29 is 19.3 Å². The Morgan fingerprint density at radius 2 is 1.93 bits per heavy atom. The Morgan fingerprint density at radius 3 is 2.66 bits per heavy atom. The Morgan fingerprint density at radius 1 is 1.12 bits per heavy atom. The predicted molar refractivity (Wildman–Crippen MR) is 161 cm³/mol. The first kappa shape index (κ1) is 29.2. The summed E-state index contributed by atoms with van der Waals surface area (Å²) in [6, 6.07) is 20.6. The number of rotatable bonds is 11. The normalized spacial score (nSPS) is 19.2. The van der Waals surface area contributed by atoms with E-state index in [9.17, 15) is 5.11 Å². The molecule has 1 fully saturated rings. The number of hydrogen-bond acceptors (Lipinski definition) is 6. The van der Waals surface area contributed by atoms with Gasteiger partial charge in [-0.2, -0.15) is 0 Å². The third kappa shape index (κ3) is 7.91. The number of halogens is 2. The van der Waals surface area contributed by atoms with E-state index < -0.39 is 5.79 Å². The molecule has 3 aromatic carbocycles. The molecule has 0 aliphatic carbocycles. The van der Waals surface area contributed by atoms with Gasteiger partial charge < -0.3 is 23.9 Å². The van der Waals surface area contributed by atoms with Gasteiger partial charge in [-0.3, -0.25) is 4.90 Å². The third-order valence-electron chi connectivity index (χ3n) is 6.86. The van der Waals surface area contributed by atoms with Crippen molar-refractivity contribution in [1.29, 1.82) is 0 Å². The predicted octanol–water partition coefficient (Wildman–Crippen LogP) is 6.78. The van der Waals surface area contributed by atoms with Crippen LogP contribution in [0.3, 0.4) is 0 Å². The molecular weight excluding hydrogens is 561 g/mol. The summed E-state index contributed by atoms with van der Waals surface area (Å²) in [6.07, 6.45) is 9.96. The van der Waals surface area contributed by atoms with E-state index >= 15 is 0 Å². The summed E-state index contributed by atoms with van der Waals surface area (Å²) in [5.41, 5.74) is 2.96. The first-order chi connectivity index (χ1) is 19.9. The summed E-state index contributed by atoms with van der Waals surface area (Å²) in [5.74, 6) is -0.0446. The fourth-order valence-corrected chi connectivity index (χ4v) is 5.33. The molecule has 2 heterocycles. The maximum absolute atomic E-state index is 9.41. The molecule has 0 saturated carbocycles. The number of benzene rings is 3. The topological polar surface area (TPSA) is 69.0 Å². The molecule has 1 aliphatic rings. The smallest absolute Gasteiger partial charge is 0.215 e. The second kappa shape index (κ2) is 13.6. The van der Waals surface area contributed by atoms with Crippen LogP contribution in [0.5, 0.6) is 11.5 Å². The van der Waals surface area contributed by atoms with Crippen LogP contribution in [0.4, 0.5) is 0 Å². The molecule has 41 heavy (non-hydrogen) atoms. The Labute approximate surface area is 250 Å². The first-order valence-corrected chi connectivity index (χ1v) is 14.2. The lowest BCUT2D eigenvalue weighted by Gasteiger charge is -2.41. The number of hydrogen-bond donors (Lipinski definition) is 1. The largest absolute Gasteiger partial charge is 0.508 e. The van der Waals surface area contributed by atoms with E-state index in [4.69, 9.17) is 37.4 Å². The Kier molecular flexibility index (Phi) is 9.64. The molecule has 214 valence electrons. The number of aromatic hydroxyl groups is 1. The van der Waals surface area contributed by atoms with Gasteiger partial charge in [-0.1, -0.05) is 65.7 Å². The molecule has 1 aliphatic heterocycles. The third-order valence-corrected chi connectivity index (χ3v) is 7.40. The molecule has 1 aromatic heterocycles. The molecule has 0 radical (unpaired) electrons. The number of aromatic nitrogens is 2. The van der Waals surface area contributed by atoms with Crippen molar-refractivity contribution in [3.63, 3.8) is 0 Å². The Balaban J connectivity index is 1.17. The highest BCUT2D eigenvalue weighted by Gasteiger charge is 2.42. The van der Waals surface area contributed by atoms with Crippen molar-refractivity contribution in [3.8, 4) is 11.5 Å². The summed E-state index contributed by atoms with van der Waals surface area (Å²) in [6.45, 7) is 2.87. The highest BCUT2D eigenvalue weighted by atomic mass is 35.5. The van der Waals surface area contributed by atoms with Gasteiger partial charge in [-0.25, -0.2) is 4.98 Å². The van der Waals surface area contributed by atoms with Gasteiger partial charge in [0.1, 0.15) is 18.1 Å². The van der Waals surface area contributed by atoms with Crippen LogP contribution in [0.15, 0.2) is 91.5 Å². The fourth-order valence-electron chi connectivity index (χ4n) is 4.77. The van der Waals surface area contributed by atoms with E-state index in [1.807, 2.05) is 41.1 Å². The summed E-state index contributed by atoms with van der Waals surface area (Å²) in [4.78, 5) is 6.38. The van der Waals surface area contributed by atoms with Crippen LogP contribution < -0.4 is 4.74 Å². The van der Waals surface area contributed by atoms with Gasteiger partial charge in [-0.15, -0.1) is 0 Å². The van der Waals surface area contributed by atoms with Crippen LogP contribution in [-0.2, 0) is 28.4 Å². The molecule has 4 aromatic rings. The maximum Gasteiger partial charge on any atom is 0.215 e. The van der Waals surface area contributed by atoms with Gasteiger partial charge in [0.25, 0.3) is 0 Å². The van der Waals surface area contributed by atoms with E-state index in [0.29, 0.717) is 41.8 Å². The maximum atomic E-state index is 9.41. The monoisotopic (exact) mass is 593 g/mol. The van der Waals surface area contributed by atoms with Crippen molar-refractivity contribution in [2.75, 3.05) is 26.8 Å². The number of nitrogens with zero attached hydrogens (tertiary/aromatic N) is 3. The van der Waals surface area contributed by atoms with Gasteiger partial charge in [0, 0.05) is 42.5 Å². The van der Waals surface area contributed by atoms with Crippen LogP contribution in [-0.4, -0.2) is 52.5 Å². The minimum atomic E-state index is -1.10. The summed E-state index contributed by atoms with van der Waals surface area (Å²) in [7, 11) is 2.08. The summed E-state index contributed by atoms with van der Waals surface area (Å²) < 4.78 is 20.9. The number of likely N-dealkylation sites (N-methyl/N-ethyl adjacent to an activating group) is 1. The lowest BCUT2D eigenvalue weighted by Crippen LogP contribution is -2.47. The van der Waals surface area contributed by atoms with E-state index in [0.717, 1.165) is 24.4 Å². The Hall–Kier alpha value is -3.33. The standard InChI is InChI=1S/C32H33Cl2N3O4/c1-36(16-2-3-24-4-9-27(38)10-5-24)20-25-6-11-28(12-7-25)39-21-29-14-18-40-32(41-29,22-37-17-15-35-23-37)30-13-8-26(33)19-31(30)34/h2-13,15,17,19,23,29,38H,14,16,18,20-22H2,1H3/b3-2+. The van der Waals surface area contributed by atoms with E-state index in [-0.39, 0.29) is 11.9 Å². The molecule has 9 heteroatoms. The zero-order valence-corrected chi connectivity index (χ0v) is 24.3. The van der Waals surface area contributed by atoms with Crippen molar-refractivity contribution in [2.45, 2.75) is 31.4 Å². The molecule has 2 atom stereocenters. The van der Waals surface area contributed by atoms with Crippen molar-refractivity contribution >= 4 is 29.3 Å². The zero-order chi connectivity index (χ0) is 28.7. The number of ether oxygens (including phenoxy) is 3. The van der Waals surface area contributed by atoms with E-state index in [1.54, 1.807) is 36.8 Å². The summed E-state index contributed by atoms with van der Waals surface area (Å²) in [5, 5.41) is 10.4. The number of phenolic OH excluding ortho intramolecular Hbond substituents is 1. The molecular formula is C32H33Cl2N3O4. The van der Waals surface area contributed by atoms with Gasteiger partial charge in [0.15, 0.2) is 0 Å². The van der Waals surface area contributed by atoms with Gasteiger partial charge in [0.2, 0.25) is 5.79 Å². The minimum Gasteiger partial charge on any atom is -0.508 e. The highest BCUT2D eigenvalue weighted by molar-refractivity contribution is 6.35. The first-order valence-electron chi connectivity index (χ1n) is 13.5. The van der Waals surface area contributed by atoms with Crippen LogP contribution in [0, 0.1) is 0 Å². The fraction of sp³-hybridized carbons (Fsp3) is 0.281. The van der Waals surface area contributed by atoms with Gasteiger partial charge >= 0.3 is 0 Å². The molecule has 0 spiro atoms. The lowest BCUT2D eigenvalue weighted by atomic mass is 10.0. The average Bonchev–Trinajstić information content (AvgIpc) is 3.46. The highest BCUT2D eigenvalue weighted by Crippen LogP contribution is 2.40. The number of phenols is 1. The zero-order valence-electron chi connectivity index (χ0n) is 22.8. The molecule has 0 bridgehead atoms. The second-order valence-electron chi connectivity index (χ2n) is 10.1. The molecule has 2 unspecified atom stereocenters. The molecule has 7 nitrogen and oxygen atoms in total. The SMILES string of the molecule is CN(C/C=C/c1ccc(O)cc1)Cc1ccc(OCC2CCOC(Cn3ccnc3)(c3ccc(Cl)cc3Cl)O2)cc1. The number of imidazole rings is 1. The quantitative estimate of drug-likeness (QED) is 0.207. The van der Waals surface area contributed by atoms with Crippen LogP contribution in [0.2, 0.25) is 10.0 Å².